The van der Waals surface area contributed by atoms with Gasteiger partial charge in [0.15, 0.2) is 4.34 Å². The standard InChI is InChI=1S/C23H31N5O2S2/c29-20(24-19-10-4-5-11-19)17-31-23-26-25-22(32-23)28-15-13-27(14-16-28)21(30)12-6-9-18-7-2-1-3-8-18/h1-3,7-8,19H,4-6,9-17H2,(H,24,29). The van der Waals surface area contributed by atoms with Gasteiger partial charge in [-0.1, -0.05) is 66.3 Å². The Morgan fingerprint density at radius 1 is 1.06 bits per heavy atom. The van der Waals surface area contributed by atoms with E-state index >= 15 is 0 Å². The molecule has 2 fully saturated rings. The normalized spacial score (nSPS) is 17.0. The van der Waals surface area contributed by atoms with E-state index in [0.717, 1.165) is 61.3 Å². The van der Waals surface area contributed by atoms with Gasteiger partial charge in [-0.3, -0.25) is 9.59 Å². The van der Waals surface area contributed by atoms with E-state index < -0.39 is 0 Å². The summed E-state index contributed by atoms with van der Waals surface area (Å²) in [6, 6.07) is 10.7. The van der Waals surface area contributed by atoms with E-state index in [1.54, 1.807) is 0 Å². The van der Waals surface area contributed by atoms with E-state index in [2.05, 4.69) is 32.5 Å². The zero-order valence-electron chi connectivity index (χ0n) is 18.4. The minimum atomic E-state index is 0.0815. The second-order valence-corrected chi connectivity index (χ2v) is 10.6. The fraction of sp³-hybridized carbons (Fsp3) is 0.565. The number of benzene rings is 1. The maximum atomic E-state index is 12.5. The second-order valence-electron chi connectivity index (χ2n) is 8.40. The van der Waals surface area contributed by atoms with Crippen LogP contribution in [0, 0.1) is 0 Å². The Morgan fingerprint density at radius 2 is 1.81 bits per heavy atom. The molecular formula is C23H31N5O2S2. The summed E-state index contributed by atoms with van der Waals surface area (Å²) in [5.41, 5.74) is 1.28. The lowest BCUT2D eigenvalue weighted by Crippen LogP contribution is -2.48. The van der Waals surface area contributed by atoms with Crippen molar-refractivity contribution in [2.75, 3.05) is 36.8 Å². The number of carbonyl (C=O) groups excluding carboxylic acids is 2. The van der Waals surface area contributed by atoms with E-state index in [1.807, 2.05) is 23.1 Å². The average Bonchev–Trinajstić information content (AvgIpc) is 3.51. The summed E-state index contributed by atoms with van der Waals surface area (Å²) in [5.74, 6) is 0.705. The van der Waals surface area contributed by atoms with Crippen LogP contribution in [0.1, 0.15) is 44.1 Å². The van der Waals surface area contributed by atoms with Gasteiger partial charge in [0.25, 0.3) is 0 Å². The summed E-state index contributed by atoms with van der Waals surface area (Å²) >= 11 is 2.98. The number of nitrogens with one attached hydrogen (secondary N) is 1. The van der Waals surface area contributed by atoms with Crippen molar-refractivity contribution in [3.8, 4) is 0 Å². The van der Waals surface area contributed by atoms with Gasteiger partial charge in [0, 0.05) is 38.6 Å². The molecular weight excluding hydrogens is 442 g/mol. The molecule has 9 heteroatoms. The molecule has 1 saturated carbocycles. The van der Waals surface area contributed by atoms with Crippen LogP contribution in [0.4, 0.5) is 5.13 Å². The highest BCUT2D eigenvalue weighted by molar-refractivity contribution is 8.01. The highest BCUT2D eigenvalue weighted by Crippen LogP contribution is 2.29. The molecule has 0 unspecified atom stereocenters. The summed E-state index contributed by atoms with van der Waals surface area (Å²) in [4.78, 5) is 28.8. The molecule has 1 aromatic carbocycles. The Hall–Kier alpha value is -2.13. The second kappa shape index (κ2) is 11.7. The monoisotopic (exact) mass is 473 g/mol. The van der Waals surface area contributed by atoms with Gasteiger partial charge in [0.1, 0.15) is 0 Å². The van der Waals surface area contributed by atoms with Gasteiger partial charge < -0.3 is 15.1 Å². The number of amides is 2. The van der Waals surface area contributed by atoms with E-state index in [-0.39, 0.29) is 11.8 Å². The number of carbonyl (C=O) groups is 2. The molecule has 1 N–H and O–H groups in total. The number of hydrogen-bond donors (Lipinski definition) is 1. The van der Waals surface area contributed by atoms with Crippen LogP contribution in [-0.4, -0.2) is 64.9 Å². The number of anilines is 1. The molecule has 4 rings (SSSR count). The average molecular weight is 474 g/mol. The van der Waals surface area contributed by atoms with Gasteiger partial charge >= 0.3 is 0 Å². The Morgan fingerprint density at radius 3 is 2.56 bits per heavy atom. The number of nitrogens with zero attached hydrogens (tertiary/aromatic N) is 4. The third kappa shape index (κ3) is 6.68. The van der Waals surface area contributed by atoms with Crippen LogP contribution in [-0.2, 0) is 16.0 Å². The van der Waals surface area contributed by atoms with E-state index in [1.165, 1.54) is 41.5 Å². The van der Waals surface area contributed by atoms with Gasteiger partial charge in [-0.05, 0) is 31.2 Å². The zero-order valence-corrected chi connectivity index (χ0v) is 20.0. The third-order valence-electron chi connectivity index (χ3n) is 6.04. The molecule has 2 amide bonds. The molecule has 172 valence electrons. The van der Waals surface area contributed by atoms with E-state index in [4.69, 9.17) is 0 Å². The Bertz CT molecular complexity index is 878. The lowest BCUT2D eigenvalue weighted by Gasteiger charge is -2.34. The maximum Gasteiger partial charge on any atom is 0.230 e. The highest BCUT2D eigenvalue weighted by Gasteiger charge is 2.23. The predicted molar refractivity (Wildman–Crippen MR) is 129 cm³/mol. The molecule has 0 radical (unpaired) electrons. The third-order valence-corrected chi connectivity index (χ3v) is 8.16. The van der Waals surface area contributed by atoms with Crippen molar-refractivity contribution in [3.05, 3.63) is 35.9 Å². The first-order valence-electron chi connectivity index (χ1n) is 11.5. The van der Waals surface area contributed by atoms with Crippen molar-refractivity contribution >= 4 is 40.0 Å². The lowest BCUT2D eigenvalue weighted by atomic mass is 10.1. The number of aryl methyl sites for hydroxylation is 1. The maximum absolute atomic E-state index is 12.5. The molecule has 1 aliphatic heterocycles. The van der Waals surface area contributed by atoms with E-state index in [0.29, 0.717) is 18.2 Å². The van der Waals surface area contributed by atoms with Gasteiger partial charge in [0.2, 0.25) is 16.9 Å². The highest BCUT2D eigenvalue weighted by atomic mass is 32.2. The van der Waals surface area contributed by atoms with Gasteiger partial charge in [-0.15, -0.1) is 10.2 Å². The fourth-order valence-corrected chi connectivity index (χ4v) is 5.95. The van der Waals surface area contributed by atoms with Gasteiger partial charge in [-0.2, -0.15) is 0 Å². The minimum Gasteiger partial charge on any atom is -0.353 e. The summed E-state index contributed by atoms with van der Waals surface area (Å²) in [6.45, 7) is 2.98. The number of hydrogen-bond acceptors (Lipinski definition) is 7. The van der Waals surface area contributed by atoms with Crippen molar-refractivity contribution in [2.45, 2.75) is 55.3 Å². The largest absolute Gasteiger partial charge is 0.353 e. The Labute approximate surface area is 198 Å². The molecule has 2 heterocycles. The molecule has 0 spiro atoms. The van der Waals surface area contributed by atoms with Crippen molar-refractivity contribution in [3.63, 3.8) is 0 Å². The summed E-state index contributed by atoms with van der Waals surface area (Å²) in [6.07, 6.45) is 7.04. The molecule has 7 nitrogen and oxygen atoms in total. The SMILES string of the molecule is O=C(CSc1nnc(N2CCN(C(=O)CCCc3ccccc3)CC2)s1)NC1CCCC1. The summed E-state index contributed by atoms with van der Waals surface area (Å²) < 4.78 is 0.820. The molecule has 32 heavy (non-hydrogen) atoms. The van der Waals surface area contributed by atoms with Gasteiger partial charge in [-0.25, -0.2) is 0 Å². The van der Waals surface area contributed by atoms with Crippen LogP contribution in [0.25, 0.3) is 0 Å². The number of rotatable bonds is 9. The van der Waals surface area contributed by atoms with Gasteiger partial charge in [0.05, 0.1) is 5.75 Å². The smallest absolute Gasteiger partial charge is 0.230 e. The topological polar surface area (TPSA) is 78.4 Å². The number of aromatic nitrogens is 2. The quantitative estimate of drug-likeness (QED) is 0.563. The van der Waals surface area contributed by atoms with Crippen LogP contribution in [0.2, 0.25) is 0 Å². The predicted octanol–water partition coefficient (Wildman–Crippen LogP) is 3.36. The molecule has 2 aromatic rings. The Balaban J connectivity index is 1.15. The molecule has 0 atom stereocenters. The first kappa shape index (κ1) is 23.0. The van der Waals surface area contributed by atoms with Crippen LogP contribution in [0.5, 0.6) is 0 Å². The molecule has 1 aromatic heterocycles. The number of piperazine rings is 1. The molecule has 0 bridgehead atoms. The fourth-order valence-electron chi connectivity index (χ4n) is 4.25. The lowest BCUT2D eigenvalue weighted by molar-refractivity contribution is -0.131. The molecule has 1 aliphatic carbocycles. The number of thioether (sulfide) groups is 1. The van der Waals surface area contributed by atoms with Crippen LogP contribution < -0.4 is 10.2 Å². The first-order valence-corrected chi connectivity index (χ1v) is 13.3. The van der Waals surface area contributed by atoms with Crippen LogP contribution in [0.3, 0.4) is 0 Å². The van der Waals surface area contributed by atoms with Crippen molar-refractivity contribution in [1.29, 1.82) is 0 Å². The zero-order chi connectivity index (χ0) is 22.2. The van der Waals surface area contributed by atoms with Crippen molar-refractivity contribution in [1.82, 2.24) is 20.4 Å². The first-order chi connectivity index (χ1) is 15.7. The minimum absolute atomic E-state index is 0.0815. The van der Waals surface area contributed by atoms with Crippen LogP contribution in [0.15, 0.2) is 34.7 Å². The molecule has 2 aliphatic rings. The Kier molecular flexibility index (Phi) is 8.39. The van der Waals surface area contributed by atoms with E-state index in [9.17, 15) is 9.59 Å². The van der Waals surface area contributed by atoms with Crippen molar-refractivity contribution in [2.24, 2.45) is 0 Å². The van der Waals surface area contributed by atoms with Crippen LogP contribution >= 0.6 is 23.1 Å². The summed E-state index contributed by atoms with van der Waals surface area (Å²) in [5, 5.41) is 12.5. The summed E-state index contributed by atoms with van der Waals surface area (Å²) in [7, 11) is 0. The molecule has 1 saturated heterocycles. The van der Waals surface area contributed by atoms with Crippen molar-refractivity contribution < 1.29 is 9.59 Å².